The first kappa shape index (κ1) is 23.2. The number of quaternary nitrogens is 1. The van der Waals surface area contributed by atoms with Crippen LogP contribution in [0.3, 0.4) is 0 Å². The van der Waals surface area contributed by atoms with Gasteiger partial charge < -0.3 is 9.94 Å². The maximum atomic E-state index is 13.0. The quantitative estimate of drug-likeness (QED) is 0.290. The number of esters is 1. The molecule has 28 heavy (non-hydrogen) atoms. The van der Waals surface area contributed by atoms with Crippen LogP contribution in [0.4, 0.5) is 13.2 Å². The normalized spacial score (nSPS) is 31.2. The molecule has 0 bridgehead atoms. The largest absolute Gasteiger partial charge is 0.611 e. The average molecular weight is 424 g/mol. The summed E-state index contributed by atoms with van der Waals surface area (Å²) < 4.78 is 41.0. The summed E-state index contributed by atoms with van der Waals surface area (Å²) in [4.78, 5) is 12.5. The van der Waals surface area contributed by atoms with Crippen LogP contribution in [-0.4, -0.2) is 58.3 Å². The van der Waals surface area contributed by atoms with Crippen LogP contribution < -0.4 is 5.84 Å². The fraction of sp³-hybridized carbons (Fsp3) is 0.882. The molecule has 7 nitrogen and oxygen atoms in total. The van der Waals surface area contributed by atoms with Gasteiger partial charge in [0.1, 0.15) is 18.6 Å². The van der Waals surface area contributed by atoms with Crippen LogP contribution in [0.2, 0.25) is 0 Å². The predicted octanol–water partition coefficient (Wildman–Crippen LogP) is 2.86. The van der Waals surface area contributed by atoms with Crippen molar-refractivity contribution in [1.29, 1.82) is 5.26 Å². The van der Waals surface area contributed by atoms with E-state index in [0.717, 1.165) is 43.9 Å². The molecule has 0 aromatic rings. The molecule has 11 heteroatoms. The van der Waals surface area contributed by atoms with Crippen molar-refractivity contribution in [2.45, 2.75) is 69.3 Å². The Morgan fingerprint density at radius 3 is 2.79 bits per heavy atom. The van der Waals surface area contributed by atoms with Crippen molar-refractivity contribution in [1.82, 2.24) is 4.90 Å². The molecule has 1 saturated carbocycles. The van der Waals surface area contributed by atoms with Crippen LogP contribution in [0.5, 0.6) is 0 Å². The molecule has 1 aliphatic carbocycles. The Morgan fingerprint density at radius 1 is 1.46 bits per heavy atom. The van der Waals surface area contributed by atoms with Crippen molar-refractivity contribution in [3.8, 4) is 6.07 Å². The van der Waals surface area contributed by atoms with Crippen LogP contribution in [0, 0.1) is 22.5 Å². The molecule has 5 atom stereocenters. The number of thioether (sulfide) groups is 1. The Morgan fingerprint density at radius 2 is 2.18 bits per heavy atom. The van der Waals surface area contributed by atoms with E-state index >= 15 is 0 Å². The van der Waals surface area contributed by atoms with E-state index in [4.69, 9.17) is 5.84 Å². The number of carbonyl (C=O) groups excluding carboxylic acids is 1. The summed E-state index contributed by atoms with van der Waals surface area (Å²) in [5, 5.41) is 22.2. The molecule has 160 valence electrons. The number of rotatable bonds is 7. The second-order valence-electron chi connectivity index (χ2n) is 7.48. The molecule has 5 unspecified atom stereocenters. The van der Waals surface area contributed by atoms with Gasteiger partial charge in [0.2, 0.25) is 5.56 Å². The monoisotopic (exact) mass is 424 g/mol. The van der Waals surface area contributed by atoms with Crippen LogP contribution in [-0.2, 0) is 9.53 Å². The molecule has 0 radical (unpaired) electrons. The lowest BCUT2D eigenvalue weighted by molar-refractivity contribution is -0.918. The first-order valence-corrected chi connectivity index (χ1v) is 10.6. The lowest BCUT2D eigenvalue weighted by Crippen LogP contribution is -2.60. The Bertz CT molecular complexity index is 583. The SMILES string of the molecule is CCCC1CCCC([N+](N)([O-])CCN2C(C#N)CSC2OC(=O)C(F)(F)F)C1. The van der Waals surface area contributed by atoms with E-state index in [2.05, 4.69) is 11.7 Å². The smallest absolute Gasteiger partial charge is 0.491 e. The number of hydrogen-bond acceptors (Lipinski definition) is 7. The highest BCUT2D eigenvalue weighted by Crippen LogP contribution is 2.34. The maximum Gasteiger partial charge on any atom is 0.491 e. The number of carbonyl (C=O) groups is 1. The second-order valence-corrected chi connectivity index (χ2v) is 8.55. The second kappa shape index (κ2) is 9.63. The van der Waals surface area contributed by atoms with Gasteiger partial charge in [0.15, 0.2) is 0 Å². The number of hydroxylamine groups is 2. The summed E-state index contributed by atoms with van der Waals surface area (Å²) in [6, 6.07) is 0.971. The topological polar surface area (TPSA) is 102 Å². The van der Waals surface area contributed by atoms with Crippen molar-refractivity contribution in [3.05, 3.63) is 5.21 Å². The van der Waals surface area contributed by atoms with Gasteiger partial charge in [-0.3, -0.25) is 4.76 Å². The van der Waals surface area contributed by atoms with Gasteiger partial charge in [-0.05, 0) is 18.8 Å². The van der Waals surface area contributed by atoms with Crippen molar-refractivity contribution in [3.63, 3.8) is 0 Å². The molecule has 1 heterocycles. The zero-order chi connectivity index (χ0) is 20.9. The Labute approximate surface area is 167 Å². The number of ether oxygens (including phenoxy) is 1. The summed E-state index contributed by atoms with van der Waals surface area (Å²) in [5.74, 6) is 4.36. The highest BCUT2D eigenvalue weighted by molar-refractivity contribution is 8.00. The molecule has 2 rings (SSSR count). The molecule has 2 N–H and O–H groups in total. The number of halogens is 3. The van der Waals surface area contributed by atoms with Crippen molar-refractivity contribution >= 4 is 17.7 Å². The standard InChI is InChI=1S/C17H27F3N4O3S/c1-2-4-12-5-3-6-14(9-12)24(22,26)8-7-23-13(10-21)11-28-16(23)27-15(25)17(18,19)20/h12-14,16H,2-9,11,22H2,1H3. The molecule has 0 amide bonds. The maximum absolute atomic E-state index is 13.0. The third-order valence-corrected chi connectivity index (χ3v) is 6.59. The minimum Gasteiger partial charge on any atom is -0.611 e. The molecule has 1 saturated heterocycles. The molecule has 0 spiro atoms. The van der Waals surface area contributed by atoms with Crippen LogP contribution in [0.25, 0.3) is 0 Å². The molecular weight excluding hydrogens is 397 g/mol. The minimum atomic E-state index is -5.11. The summed E-state index contributed by atoms with van der Waals surface area (Å²) in [6.45, 7) is 2.00. The Balaban J connectivity index is 1.98. The zero-order valence-electron chi connectivity index (χ0n) is 15.9. The van der Waals surface area contributed by atoms with Gasteiger partial charge in [-0.2, -0.15) is 24.3 Å². The predicted molar refractivity (Wildman–Crippen MR) is 97.8 cm³/mol. The lowest BCUT2D eigenvalue weighted by Gasteiger charge is -2.47. The van der Waals surface area contributed by atoms with E-state index in [9.17, 15) is 28.4 Å². The van der Waals surface area contributed by atoms with E-state index < -0.39 is 28.5 Å². The molecule has 2 aliphatic rings. The van der Waals surface area contributed by atoms with Crippen molar-refractivity contribution in [2.75, 3.05) is 18.8 Å². The average Bonchev–Trinajstić information content (AvgIpc) is 3.01. The van der Waals surface area contributed by atoms with E-state index in [1.54, 1.807) is 0 Å². The molecule has 0 aromatic carbocycles. The highest BCUT2D eigenvalue weighted by Gasteiger charge is 2.46. The summed E-state index contributed by atoms with van der Waals surface area (Å²) in [6.07, 6.45) is 0.437. The lowest BCUT2D eigenvalue weighted by atomic mass is 9.83. The molecule has 1 aliphatic heterocycles. The fourth-order valence-corrected chi connectivity index (χ4v) is 5.14. The van der Waals surface area contributed by atoms with E-state index in [1.165, 1.54) is 4.90 Å². The van der Waals surface area contributed by atoms with Crippen LogP contribution >= 0.6 is 11.8 Å². The molecular formula is C17H27F3N4O3S. The number of nitrogens with two attached hydrogens (primary N) is 1. The number of hydrogen-bond donors (Lipinski definition) is 1. The van der Waals surface area contributed by atoms with Crippen LogP contribution in [0.1, 0.15) is 45.4 Å². The zero-order valence-corrected chi connectivity index (χ0v) is 16.7. The fourth-order valence-electron chi connectivity index (χ4n) is 3.93. The molecule has 2 fully saturated rings. The van der Waals surface area contributed by atoms with Crippen molar-refractivity contribution < 1.29 is 27.5 Å². The van der Waals surface area contributed by atoms with Gasteiger partial charge in [0, 0.05) is 18.6 Å². The van der Waals surface area contributed by atoms with Gasteiger partial charge in [-0.25, -0.2) is 9.69 Å². The van der Waals surface area contributed by atoms with Crippen LogP contribution in [0.15, 0.2) is 0 Å². The Hall–Kier alpha value is -1.06. The van der Waals surface area contributed by atoms with E-state index in [1.807, 2.05) is 6.07 Å². The van der Waals surface area contributed by atoms with Gasteiger partial charge in [-0.15, -0.1) is 0 Å². The minimum absolute atomic E-state index is 0.0179. The number of alkyl halides is 3. The summed E-state index contributed by atoms with van der Waals surface area (Å²) in [7, 11) is 0. The van der Waals surface area contributed by atoms with Crippen molar-refractivity contribution in [2.24, 2.45) is 11.8 Å². The third kappa shape index (κ3) is 5.97. The van der Waals surface area contributed by atoms with Gasteiger partial charge >= 0.3 is 12.1 Å². The first-order chi connectivity index (χ1) is 13.1. The number of nitrogens with zero attached hydrogens (tertiary/aromatic N) is 3. The van der Waals surface area contributed by atoms with E-state index in [-0.39, 0.29) is 24.9 Å². The third-order valence-electron chi connectivity index (χ3n) is 5.43. The molecule has 0 aromatic heterocycles. The first-order valence-electron chi connectivity index (χ1n) is 9.50. The van der Waals surface area contributed by atoms with Gasteiger partial charge in [0.05, 0.1) is 12.6 Å². The Kier molecular flexibility index (Phi) is 7.98. The van der Waals surface area contributed by atoms with Gasteiger partial charge in [-0.1, -0.05) is 31.5 Å². The summed E-state index contributed by atoms with van der Waals surface area (Å²) >= 11 is 0.931. The van der Waals surface area contributed by atoms with E-state index in [0.29, 0.717) is 12.3 Å². The highest BCUT2D eigenvalue weighted by atomic mass is 32.2. The summed E-state index contributed by atoms with van der Waals surface area (Å²) in [5.41, 5.74) is -1.25. The number of nitriles is 1. The van der Waals surface area contributed by atoms with Gasteiger partial charge in [0.25, 0.3) is 0 Å².